The molecule has 0 radical (unpaired) electrons. The molecule has 1 fully saturated rings. The Morgan fingerprint density at radius 1 is 1.31 bits per heavy atom. The summed E-state index contributed by atoms with van der Waals surface area (Å²) in [5.74, 6) is 0. The molecule has 0 aliphatic heterocycles. The first kappa shape index (κ1) is 11.6. The van der Waals surface area contributed by atoms with Crippen LogP contribution in [0.2, 0.25) is 0 Å². The molecular weight excluding hydrogens is 218 g/mol. The third-order valence-electron chi connectivity index (χ3n) is 3.03. The first-order valence-electron chi connectivity index (χ1n) is 5.60. The fourth-order valence-corrected chi connectivity index (χ4v) is 2.18. The third-order valence-corrected chi connectivity index (χ3v) is 3.17. The molecule has 0 aromatic heterocycles. The summed E-state index contributed by atoms with van der Waals surface area (Å²) in [6, 6.07) is 10.2. The molecule has 0 saturated heterocycles. The van der Waals surface area contributed by atoms with E-state index in [1.54, 1.807) is 0 Å². The fraction of sp³-hybridized carbons (Fsp3) is 0.462. The molecule has 0 atom stereocenters. The molecule has 0 unspecified atom stereocenters. The zero-order valence-corrected chi connectivity index (χ0v) is 10.1. The van der Waals surface area contributed by atoms with Crippen molar-refractivity contribution >= 4 is 17.2 Å². The number of hydrogen-bond acceptors (Lipinski definition) is 2. The number of ether oxygens (including phenoxy) is 1. The Hall–Kier alpha value is -0.930. The Kier molecular flexibility index (Phi) is 3.56. The maximum absolute atomic E-state index is 5.73. The average Bonchev–Trinajstić information content (AvgIpc) is 2.99. The van der Waals surface area contributed by atoms with Crippen LogP contribution < -0.4 is 5.73 Å². The van der Waals surface area contributed by atoms with Crippen LogP contribution in [0.3, 0.4) is 0 Å². The van der Waals surface area contributed by atoms with Crippen LogP contribution in [0, 0.1) is 5.41 Å². The Bertz CT molecular complexity index is 359. The van der Waals surface area contributed by atoms with Crippen molar-refractivity contribution in [2.75, 3.05) is 6.61 Å². The monoisotopic (exact) mass is 235 g/mol. The van der Waals surface area contributed by atoms with Crippen molar-refractivity contribution < 1.29 is 4.74 Å². The van der Waals surface area contributed by atoms with E-state index in [-0.39, 0.29) is 5.41 Å². The second-order valence-electron chi connectivity index (χ2n) is 4.62. The lowest BCUT2D eigenvalue weighted by Gasteiger charge is -2.14. The summed E-state index contributed by atoms with van der Waals surface area (Å²) in [6.45, 7) is 1.46. The standard InChI is InChI=1S/C13H17NOS/c14-12(16)8-13(6-7-13)10-15-9-11-4-2-1-3-5-11/h1-5H,6-10H2,(H2,14,16). The highest BCUT2D eigenvalue weighted by atomic mass is 32.1. The third kappa shape index (κ3) is 3.29. The smallest absolute Gasteiger partial charge is 0.0733 e. The highest BCUT2D eigenvalue weighted by Gasteiger charge is 2.43. The number of nitrogens with two attached hydrogens (primary N) is 1. The SMILES string of the molecule is NC(=S)CC1(COCc2ccccc2)CC1. The maximum atomic E-state index is 5.73. The summed E-state index contributed by atoms with van der Waals surface area (Å²) in [5, 5.41) is 0. The normalized spacial score (nSPS) is 17.0. The molecule has 1 aromatic carbocycles. The maximum Gasteiger partial charge on any atom is 0.0733 e. The van der Waals surface area contributed by atoms with Crippen LogP contribution in [0.15, 0.2) is 30.3 Å². The van der Waals surface area contributed by atoms with Gasteiger partial charge in [0.1, 0.15) is 0 Å². The Morgan fingerprint density at radius 2 is 2.00 bits per heavy atom. The molecule has 86 valence electrons. The number of thiocarbonyl (C=S) groups is 1. The molecule has 0 amide bonds. The van der Waals surface area contributed by atoms with Gasteiger partial charge in [-0.15, -0.1) is 0 Å². The lowest BCUT2D eigenvalue weighted by molar-refractivity contribution is 0.0804. The molecule has 1 aromatic rings. The van der Waals surface area contributed by atoms with Crippen LogP contribution in [0.1, 0.15) is 24.8 Å². The van der Waals surface area contributed by atoms with Gasteiger partial charge in [0.25, 0.3) is 0 Å². The van der Waals surface area contributed by atoms with Gasteiger partial charge >= 0.3 is 0 Å². The number of rotatable bonds is 6. The van der Waals surface area contributed by atoms with Gasteiger partial charge in [-0.25, -0.2) is 0 Å². The zero-order valence-electron chi connectivity index (χ0n) is 9.32. The van der Waals surface area contributed by atoms with E-state index in [0.29, 0.717) is 11.6 Å². The van der Waals surface area contributed by atoms with E-state index in [9.17, 15) is 0 Å². The molecular formula is C13H17NOS. The fourth-order valence-electron chi connectivity index (χ4n) is 1.88. The molecule has 3 heteroatoms. The number of benzene rings is 1. The summed E-state index contributed by atoms with van der Waals surface area (Å²) in [7, 11) is 0. The highest BCUT2D eigenvalue weighted by molar-refractivity contribution is 7.80. The van der Waals surface area contributed by atoms with Crippen molar-refractivity contribution in [3.8, 4) is 0 Å². The molecule has 16 heavy (non-hydrogen) atoms. The molecule has 1 aliphatic carbocycles. The van der Waals surface area contributed by atoms with Crippen molar-refractivity contribution in [1.82, 2.24) is 0 Å². The van der Waals surface area contributed by atoms with Gasteiger partial charge in [0, 0.05) is 11.8 Å². The van der Waals surface area contributed by atoms with Crippen molar-refractivity contribution in [1.29, 1.82) is 0 Å². The lowest BCUT2D eigenvalue weighted by atomic mass is 10.0. The van der Waals surface area contributed by atoms with Crippen molar-refractivity contribution in [2.45, 2.75) is 25.9 Å². The summed E-state index contributed by atoms with van der Waals surface area (Å²) < 4.78 is 5.73. The Labute approximate surface area is 102 Å². The van der Waals surface area contributed by atoms with Crippen LogP contribution in [0.5, 0.6) is 0 Å². The van der Waals surface area contributed by atoms with Crippen LogP contribution in [-0.2, 0) is 11.3 Å². The summed E-state index contributed by atoms with van der Waals surface area (Å²) in [5.41, 5.74) is 7.06. The first-order chi connectivity index (χ1) is 7.70. The summed E-state index contributed by atoms with van der Waals surface area (Å²) in [4.78, 5) is 0.612. The van der Waals surface area contributed by atoms with Crippen molar-refractivity contribution in [3.05, 3.63) is 35.9 Å². The Balaban J connectivity index is 1.74. The molecule has 2 nitrogen and oxygen atoms in total. The first-order valence-corrected chi connectivity index (χ1v) is 6.01. The topological polar surface area (TPSA) is 35.2 Å². The van der Waals surface area contributed by atoms with Gasteiger partial charge in [0.15, 0.2) is 0 Å². The van der Waals surface area contributed by atoms with E-state index >= 15 is 0 Å². The zero-order chi connectivity index (χ0) is 11.4. The van der Waals surface area contributed by atoms with Crippen molar-refractivity contribution in [2.24, 2.45) is 11.1 Å². The van der Waals surface area contributed by atoms with Gasteiger partial charge in [0.2, 0.25) is 0 Å². The van der Waals surface area contributed by atoms with E-state index in [1.165, 1.54) is 18.4 Å². The largest absolute Gasteiger partial charge is 0.393 e. The molecule has 0 heterocycles. The summed E-state index contributed by atoms with van der Waals surface area (Å²) in [6.07, 6.45) is 3.22. The molecule has 2 rings (SSSR count). The van der Waals surface area contributed by atoms with Gasteiger partial charge in [-0.05, 0) is 18.4 Å². The second kappa shape index (κ2) is 4.93. The predicted octanol–water partition coefficient (Wildman–Crippen LogP) is 2.66. The van der Waals surface area contributed by atoms with E-state index < -0.39 is 0 Å². The van der Waals surface area contributed by atoms with Gasteiger partial charge in [-0.1, -0.05) is 42.5 Å². The molecule has 2 N–H and O–H groups in total. The van der Waals surface area contributed by atoms with E-state index in [2.05, 4.69) is 12.1 Å². The Morgan fingerprint density at radius 3 is 2.56 bits per heavy atom. The minimum Gasteiger partial charge on any atom is -0.393 e. The van der Waals surface area contributed by atoms with Crippen LogP contribution in [0.4, 0.5) is 0 Å². The molecule has 0 spiro atoms. The molecule has 1 aliphatic rings. The lowest BCUT2D eigenvalue weighted by Crippen LogP contribution is -2.19. The second-order valence-corrected chi connectivity index (χ2v) is 5.15. The minimum absolute atomic E-state index is 0.264. The quantitative estimate of drug-likeness (QED) is 0.770. The number of hydrogen-bond donors (Lipinski definition) is 1. The van der Waals surface area contributed by atoms with Gasteiger partial charge in [-0.2, -0.15) is 0 Å². The average molecular weight is 235 g/mol. The van der Waals surface area contributed by atoms with Gasteiger partial charge < -0.3 is 10.5 Å². The van der Waals surface area contributed by atoms with Crippen LogP contribution in [0.25, 0.3) is 0 Å². The minimum atomic E-state index is 0.264. The van der Waals surface area contributed by atoms with Gasteiger partial charge in [0.05, 0.1) is 18.2 Å². The van der Waals surface area contributed by atoms with Crippen molar-refractivity contribution in [3.63, 3.8) is 0 Å². The molecule has 0 bridgehead atoms. The molecule has 1 saturated carbocycles. The van der Waals surface area contributed by atoms with E-state index in [0.717, 1.165) is 13.0 Å². The predicted molar refractivity (Wildman–Crippen MR) is 69.2 cm³/mol. The van der Waals surface area contributed by atoms with Gasteiger partial charge in [-0.3, -0.25) is 0 Å². The van der Waals surface area contributed by atoms with E-state index in [4.69, 9.17) is 22.7 Å². The highest BCUT2D eigenvalue weighted by Crippen LogP contribution is 2.49. The van der Waals surface area contributed by atoms with Crippen LogP contribution in [-0.4, -0.2) is 11.6 Å². The summed E-state index contributed by atoms with van der Waals surface area (Å²) >= 11 is 4.95. The van der Waals surface area contributed by atoms with Crippen LogP contribution >= 0.6 is 12.2 Å². The van der Waals surface area contributed by atoms with E-state index in [1.807, 2.05) is 18.2 Å².